The van der Waals surface area contributed by atoms with Crippen LogP contribution in [0.1, 0.15) is 20.8 Å². The molecule has 0 aliphatic rings. The molecule has 0 aliphatic heterocycles. The minimum Gasteiger partial charge on any atom is -0.453 e. The largest absolute Gasteiger partial charge is 0.453 e. The monoisotopic (exact) mass is 346 g/mol. The van der Waals surface area contributed by atoms with Gasteiger partial charge in [-0.3, -0.25) is 4.79 Å². The lowest BCUT2D eigenvalue weighted by atomic mass is 10.1. The standard InChI is InChI=1S/C17H12F2N2O4/c18-17(19)25-12-6-4-11(5-7-12)14(22)10-24-16(23)13-9-21-8-2-1-3-15(21)20-13/h1-9,17H,10H2. The number of aromatic nitrogens is 2. The van der Waals surface area contributed by atoms with Gasteiger partial charge in [-0.15, -0.1) is 0 Å². The van der Waals surface area contributed by atoms with Crippen molar-refractivity contribution in [1.29, 1.82) is 0 Å². The second kappa shape index (κ2) is 7.08. The Kier molecular flexibility index (Phi) is 4.69. The fourth-order valence-electron chi connectivity index (χ4n) is 2.14. The van der Waals surface area contributed by atoms with E-state index in [1.54, 1.807) is 28.8 Å². The zero-order valence-corrected chi connectivity index (χ0v) is 12.8. The highest BCUT2D eigenvalue weighted by Gasteiger charge is 2.15. The summed E-state index contributed by atoms with van der Waals surface area (Å²) in [4.78, 5) is 28.1. The average molecular weight is 346 g/mol. The van der Waals surface area contributed by atoms with Gasteiger partial charge in [-0.25, -0.2) is 9.78 Å². The molecule has 0 saturated heterocycles. The van der Waals surface area contributed by atoms with E-state index in [1.165, 1.54) is 30.5 Å². The van der Waals surface area contributed by atoms with Crippen LogP contribution >= 0.6 is 0 Å². The van der Waals surface area contributed by atoms with E-state index < -0.39 is 25.0 Å². The summed E-state index contributed by atoms with van der Waals surface area (Å²) >= 11 is 0. The third-order valence-electron chi connectivity index (χ3n) is 3.31. The summed E-state index contributed by atoms with van der Waals surface area (Å²) in [6.07, 6.45) is 3.23. The first-order valence-electron chi connectivity index (χ1n) is 7.22. The quantitative estimate of drug-likeness (QED) is 0.507. The minimum atomic E-state index is -2.94. The molecule has 0 N–H and O–H groups in total. The van der Waals surface area contributed by atoms with Gasteiger partial charge >= 0.3 is 12.6 Å². The minimum absolute atomic E-state index is 0.0618. The molecule has 2 heterocycles. The molecule has 3 rings (SSSR count). The number of rotatable bonds is 6. The predicted octanol–water partition coefficient (Wildman–Crippen LogP) is 2.98. The van der Waals surface area contributed by atoms with Gasteiger partial charge in [-0.05, 0) is 36.4 Å². The number of hydrogen-bond donors (Lipinski definition) is 0. The van der Waals surface area contributed by atoms with Crippen molar-refractivity contribution in [3.05, 3.63) is 66.1 Å². The molecule has 8 heteroatoms. The molecule has 25 heavy (non-hydrogen) atoms. The number of nitrogens with zero attached hydrogens (tertiary/aromatic N) is 2. The molecule has 128 valence electrons. The SMILES string of the molecule is O=C(COC(=O)c1cn2ccccc2n1)c1ccc(OC(F)F)cc1. The Morgan fingerprint density at radius 1 is 1.12 bits per heavy atom. The Balaban J connectivity index is 1.60. The molecular formula is C17H12F2N2O4. The summed E-state index contributed by atoms with van der Waals surface area (Å²) in [7, 11) is 0. The number of imidazole rings is 1. The van der Waals surface area contributed by atoms with Gasteiger partial charge in [0.25, 0.3) is 0 Å². The molecule has 0 aliphatic carbocycles. The number of benzene rings is 1. The molecular weight excluding hydrogens is 334 g/mol. The number of pyridine rings is 1. The van der Waals surface area contributed by atoms with Gasteiger partial charge in [0.1, 0.15) is 11.4 Å². The zero-order chi connectivity index (χ0) is 17.8. The van der Waals surface area contributed by atoms with Crippen LogP contribution in [0.25, 0.3) is 5.65 Å². The van der Waals surface area contributed by atoms with Gasteiger partial charge in [0, 0.05) is 18.0 Å². The zero-order valence-electron chi connectivity index (χ0n) is 12.8. The first-order valence-corrected chi connectivity index (χ1v) is 7.22. The number of alkyl halides is 2. The molecule has 1 aromatic carbocycles. The third kappa shape index (κ3) is 3.97. The fourth-order valence-corrected chi connectivity index (χ4v) is 2.14. The number of esters is 1. The molecule has 0 bridgehead atoms. The van der Waals surface area contributed by atoms with Crippen LogP contribution in [0, 0.1) is 0 Å². The third-order valence-corrected chi connectivity index (χ3v) is 3.31. The molecule has 0 amide bonds. The molecule has 6 nitrogen and oxygen atoms in total. The topological polar surface area (TPSA) is 69.9 Å². The molecule has 0 spiro atoms. The lowest BCUT2D eigenvalue weighted by Crippen LogP contribution is -2.14. The maximum atomic E-state index is 12.1. The van der Waals surface area contributed by atoms with Crippen LogP contribution in [0.15, 0.2) is 54.9 Å². The number of ether oxygens (including phenoxy) is 2. The Labute approximate surface area is 140 Å². The van der Waals surface area contributed by atoms with Crippen LogP contribution < -0.4 is 4.74 Å². The smallest absolute Gasteiger partial charge is 0.387 e. The van der Waals surface area contributed by atoms with Crippen LogP contribution in [-0.2, 0) is 4.74 Å². The highest BCUT2D eigenvalue weighted by atomic mass is 19.3. The number of fused-ring (bicyclic) bond motifs is 1. The number of Topliss-reactive ketones (excluding diaryl/α,β-unsaturated/α-hetero) is 1. The number of ketones is 1. The molecule has 3 aromatic rings. The Morgan fingerprint density at radius 2 is 1.88 bits per heavy atom. The van der Waals surface area contributed by atoms with Gasteiger partial charge in [-0.2, -0.15) is 8.78 Å². The van der Waals surface area contributed by atoms with E-state index in [2.05, 4.69) is 9.72 Å². The summed E-state index contributed by atoms with van der Waals surface area (Å²) < 4.78 is 34.9. The fraction of sp³-hybridized carbons (Fsp3) is 0.118. The van der Waals surface area contributed by atoms with E-state index in [9.17, 15) is 18.4 Å². The lowest BCUT2D eigenvalue weighted by Gasteiger charge is -2.05. The van der Waals surface area contributed by atoms with Gasteiger partial charge in [0.2, 0.25) is 0 Å². The molecule has 0 saturated carbocycles. The van der Waals surface area contributed by atoms with Crippen molar-refractivity contribution in [3.63, 3.8) is 0 Å². The van der Waals surface area contributed by atoms with Crippen LogP contribution in [0.3, 0.4) is 0 Å². The van der Waals surface area contributed by atoms with Gasteiger partial charge in [0.05, 0.1) is 0 Å². The number of halogens is 2. The van der Waals surface area contributed by atoms with Crippen molar-refractivity contribution in [1.82, 2.24) is 9.38 Å². The first kappa shape index (κ1) is 16.6. The van der Waals surface area contributed by atoms with Crippen LogP contribution in [0.5, 0.6) is 5.75 Å². The summed E-state index contributed by atoms with van der Waals surface area (Å²) in [5.41, 5.74) is 0.875. The second-order valence-corrected chi connectivity index (χ2v) is 4.99. The Morgan fingerprint density at radius 3 is 2.56 bits per heavy atom. The summed E-state index contributed by atoms with van der Waals surface area (Å²) in [6.45, 7) is -3.42. The van der Waals surface area contributed by atoms with Gasteiger partial charge in [-0.1, -0.05) is 6.07 Å². The summed E-state index contributed by atoms with van der Waals surface area (Å²) in [5.74, 6) is -1.26. The van der Waals surface area contributed by atoms with Crippen molar-refractivity contribution < 1.29 is 27.8 Å². The average Bonchev–Trinajstić information content (AvgIpc) is 3.03. The molecule has 0 radical (unpaired) electrons. The first-order chi connectivity index (χ1) is 12.0. The molecule has 0 fully saturated rings. The highest BCUT2D eigenvalue weighted by molar-refractivity contribution is 5.99. The van der Waals surface area contributed by atoms with E-state index in [0.717, 1.165) is 0 Å². The van der Waals surface area contributed by atoms with Crippen molar-refractivity contribution >= 4 is 17.4 Å². The summed E-state index contributed by atoms with van der Waals surface area (Å²) in [6, 6.07) is 10.4. The highest BCUT2D eigenvalue weighted by Crippen LogP contribution is 2.15. The Hall–Kier alpha value is -3.29. The predicted molar refractivity (Wildman–Crippen MR) is 82.9 cm³/mol. The van der Waals surface area contributed by atoms with Crippen molar-refractivity contribution in [3.8, 4) is 5.75 Å². The van der Waals surface area contributed by atoms with E-state index in [4.69, 9.17) is 4.74 Å². The van der Waals surface area contributed by atoms with Crippen molar-refractivity contribution in [2.75, 3.05) is 6.61 Å². The van der Waals surface area contributed by atoms with E-state index >= 15 is 0 Å². The van der Waals surface area contributed by atoms with Gasteiger partial charge in [0.15, 0.2) is 18.1 Å². The maximum absolute atomic E-state index is 12.1. The van der Waals surface area contributed by atoms with Crippen molar-refractivity contribution in [2.45, 2.75) is 6.61 Å². The van der Waals surface area contributed by atoms with Crippen LogP contribution in [-0.4, -0.2) is 34.4 Å². The van der Waals surface area contributed by atoms with Crippen LogP contribution in [0.4, 0.5) is 8.78 Å². The lowest BCUT2D eigenvalue weighted by molar-refractivity contribution is -0.0498. The van der Waals surface area contributed by atoms with Crippen molar-refractivity contribution in [2.24, 2.45) is 0 Å². The molecule has 0 unspecified atom stereocenters. The summed E-state index contributed by atoms with van der Waals surface area (Å²) in [5, 5.41) is 0. The van der Waals surface area contributed by atoms with Crippen LogP contribution in [0.2, 0.25) is 0 Å². The molecule has 0 atom stereocenters. The number of hydrogen-bond acceptors (Lipinski definition) is 5. The number of carbonyl (C=O) groups excluding carboxylic acids is 2. The number of carbonyl (C=O) groups is 2. The van der Waals surface area contributed by atoms with E-state index in [-0.39, 0.29) is 17.0 Å². The maximum Gasteiger partial charge on any atom is 0.387 e. The molecule has 2 aromatic heterocycles. The normalized spacial score (nSPS) is 10.8. The van der Waals surface area contributed by atoms with Gasteiger partial charge < -0.3 is 13.9 Å². The van der Waals surface area contributed by atoms with E-state index in [1.807, 2.05) is 0 Å². The van der Waals surface area contributed by atoms with E-state index in [0.29, 0.717) is 5.65 Å². The second-order valence-electron chi connectivity index (χ2n) is 4.99. The Bertz CT molecular complexity index is 873.